The van der Waals surface area contributed by atoms with E-state index in [1.54, 1.807) is 48.5 Å². The van der Waals surface area contributed by atoms with E-state index in [0.717, 1.165) is 12.1 Å². The van der Waals surface area contributed by atoms with E-state index in [1.807, 2.05) is 0 Å². The molecule has 3 aromatic carbocycles. The molecule has 0 unspecified atom stereocenters. The molecule has 7 heteroatoms. The number of hydrogen-bond acceptors (Lipinski definition) is 4. The van der Waals surface area contributed by atoms with Crippen LogP contribution in [0, 0.1) is 5.82 Å². The van der Waals surface area contributed by atoms with Crippen molar-refractivity contribution in [2.24, 2.45) is 4.99 Å². The van der Waals surface area contributed by atoms with E-state index in [-0.39, 0.29) is 10.6 Å². The molecular formula is C19H15FN2O3S. The minimum absolute atomic E-state index is 0.0273. The average Bonchev–Trinajstić information content (AvgIpc) is 2.62. The fourth-order valence-electron chi connectivity index (χ4n) is 2.18. The van der Waals surface area contributed by atoms with Crippen LogP contribution in [-0.4, -0.2) is 19.7 Å². The molecule has 132 valence electrons. The first-order valence-corrected chi connectivity index (χ1v) is 9.13. The van der Waals surface area contributed by atoms with Crippen LogP contribution in [0.3, 0.4) is 0 Å². The number of rotatable bonds is 5. The Morgan fingerprint density at radius 1 is 0.923 bits per heavy atom. The number of aromatic hydroxyl groups is 1. The number of phenols is 1. The molecule has 0 aliphatic carbocycles. The number of anilines is 1. The van der Waals surface area contributed by atoms with Gasteiger partial charge in [-0.05, 0) is 60.7 Å². The summed E-state index contributed by atoms with van der Waals surface area (Å²) in [4.78, 5) is 4.21. The lowest BCUT2D eigenvalue weighted by Crippen LogP contribution is -2.12. The number of nitrogens with zero attached hydrogens (tertiary/aromatic N) is 1. The average molecular weight is 370 g/mol. The van der Waals surface area contributed by atoms with Crippen molar-refractivity contribution in [2.45, 2.75) is 4.90 Å². The van der Waals surface area contributed by atoms with E-state index in [9.17, 15) is 17.9 Å². The maximum atomic E-state index is 12.9. The Bertz CT molecular complexity index is 1030. The summed E-state index contributed by atoms with van der Waals surface area (Å²) >= 11 is 0. The van der Waals surface area contributed by atoms with Gasteiger partial charge in [-0.25, -0.2) is 12.8 Å². The summed E-state index contributed by atoms with van der Waals surface area (Å²) in [6.45, 7) is 0. The highest BCUT2D eigenvalue weighted by Gasteiger charge is 2.13. The minimum Gasteiger partial charge on any atom is -0.507 e. The highest BCUT2D eigenvalue weighted by atomic mass is 32.2. The normalized spacial score (nSPS) is 11.6. The number of sulfonamides is 1. The Balaban J connectivity index is 1.73. The first kappa shape index (κ1) is 17.6. The summed E-state index contributed by atoms with van der Waals surface area (Å²) < 4.78 is 39.9. The zero-order chi connectivity index (χ0) is 18.6. The molecule has 0 heterocycles. The third-order valence-corrected chi connectivity index (χ3v) is 4.93. The van der Waals surface area contributed by atoms with Gasteiger partial charge in [-0.15, -0.1) is 0 Å². The number of nitrogens with one attached hydrogen (secondary N) is 1. The van der Waals surface area contributed by atoms with Crippen molar-refractivity contribution in [3.8, 4) is 5.75 Å². The van der Waals surface area contributed by atoms with E-state index in [2.05, 4.69) is 9.71 Å². The number of benzene rings is 3. The van der Waals surface area contributed by atoms with Crippen LogP contribution in [-0.2, 0) is 10.0 Å². The molecule has 5 nitrogen and oxygen atoms in total. The zero-order valence-corrected chi connectivity index (χ0v) is 14.3. The van der Waals surface area contributed by atoms with E-state index < -0.39 is 15.8 Å². The van der Waals surface area contributed by atoms with Gasteiger partial charge in [-0.2, -0.15) is 0 Å². The highest BCUT2D eigenvalue weighted by Crippen LogP contribution is 2.21. The summed E-state index contributed by atoms with van der Waals surface area (Å²) in [6, 6.07) is 17.8. The maximum absolute atomic E-state index is 12.9. The van der Waals surface area contributed by atoms with Crippen LogP contribution in [0.25, 0.3) is 0 Å². The van der Waals surface area contributed by atoms with Gasteiger partial charge in [0, 0.05) is 17.5 Å². The van der Waals surface area contributed by atoms with Gasteiger partial charge in [0.2, 0.25) is 0 Å². The molecule has 0 spiro atoms. The first-order chi connectivity index (χ1) is 12.4. The molecule has 0 fully saturated rings. The van der Waals surface area contributed by atoms with Gasteiger partial charge in [0.15, 0.2) is 0 Å². The molecule has 0 saturated heterocycles. The van der Waals surface area contributed by atoms with Crippen LogP contribution < -0.4 is 4.72 Å². The second kappa shape index (κ2) is 7.37. The number of hydrogen-bond donors (Lipinski definition) is 2. The largest absolute Gasteiger partial charge is 0.507 e. The number of phenolic OH excluding ortho intramolecular Hbond substituents is 1. The third-order valence-electron chi connectivity index (χ3n) is 3.53. The Hall–Kier alpha value is -3.19. The van der Waals surface area contributed by atoms with Crippen molar-refractivity contribution < 1.29 is 17.9 Å². The van der Waals surface area contributed by atoms with Crippen LogP contribution in [0.1, 0.15) is 5.56 Å². The third kappa shape index (κ3) is 4.25. The molecule has 0 aliphatic rings. The van der Waals surface area contributed by atoms with Crippen LogP contribution in [0.5, 0.6) is 5.75 Å². The molecule has 0 amide bonds. The predicted molar refractivity (Wildman–Crippen MR) is 99.0 cm³/mol. The number of para-hydroxylation sites is 1. The van der Waals surface area contributed by atoms with Gasteiger partial charge in [-0.1, -0.05) is 12.1 Å². The van der Waals surface area contributed by atoms with E-state index >= 15 is 0 Å². The minimum atomic E-state index is -3.79. The van der Waals surface area contributed by atoms with Crippen LogP contribution in [0.15, 0.2) is 82.7 Å². The van der Waals surface area contributed by atoms with Crippen LogP contribution in [0.4, 0.5) is 15.8 Å². The zero-order valence-electron chi connectivity index (χ0n) is 13.5. The van der Waals surface area contributed by atoms with Gasteiger partial charge >= 0.3 is 0 Å². The lowest BCUT2D eigenvalue weighted by Gasteiger charge is -2.08. The molecule has 0 bridgehead atoms. The number of halogens is 1. The van der Waals surface area contributed by atoms with Crippen LogP contribution in [0.2, 0.25) is 0 Å². The summed E-state index contributed by atoms with van der Waals surface area (Å²) in [5.74, 6) is -0.379. The Labute approximate surface area is 150 Å². The standard InChI is InChI=1S/C19H15FN2O3S/c20-15-5-11-18(12-6-15)26(24,25)22-17-9-7-16(8-10-17)21-13-14-3-1-2-4-19(14)23/h1-13,22-23H. The molecule has 0 saturated carbocycles. The fourth-order valence-corrected chi connectivity index (χ4v) is 3.24. The quantitative estimate of drug-likeness (QED) is 0.664. The summed E-state index contributed by atoms with van der Waals surface area (Å²) in [6.07, 6.45) is 1.52. The van der Waals surface area contributed by atoms with Gasteiger partial charge in [0.05, 0.1) is 10.6 Å². The van der Waals surface area contributed by atoms with E-state index in [4.69, 9.17) is 0 Å². The van der Waals surface area contributed by atoms with Gasteiger partial charge in [0.1, 0.15) is 11.6 Å². The predicted octanol–water partition coefficient (Wildman–Crippen LogP) is 4.08. The van der Waals surface area contributed by atoms with Crippen molar-refractivity contribution in [2.75, 3.05) is 4.72 Å². The van der Waals surface area contributed by atoms with Gasteiger partial charge in [0.25, 0.3) is 10.0 Å². The van der Waals surface area contributed by atoms with Crippen LogP contribution >= 0.6 is 0 Å². The van der Waals surface area contributed by atoms with Crippen molar-refractivity contribution in [1.82, 2.24) is 0 Å². The fraction of sp³-hybridized carbons (Fsp3) is 0. The maximum Gasteiger partial charge on any atom is 0.261 e. The molecule has 0 atom stereocenters. The Kier molecular flexibility index (Phi) is 4.99. The molecular weight excluding hydrogens is 355 g/mol. The van der Waals surface area contributed by atoms with E-state index in [0.29, 0.717) is 16.9 Å². The lowest BCUT2D eigenvalue weighted by molar-refractivity contribution is 0.474. The molecule has 3 aromatic rings. The number of aliphatic imine (C=N–C) groups is 1. The van der Waals surface area contributed by atoms with Crippen molar-refractivity contribution in [1.29, 1.82) is 0 Å². The molecule has 26 heavy (non-hydrogen) atoms. The smallest absolute Gasteiger partial charge is 0.261 e. The van der Waals surface area contributed by atoms with Crippen molar-refractivity contribution >= 4 is 27.6 Å². The lowest BCUT2D eigenvalue weighted by atomic mass is 10.2. The van der Waals surface area contributed by atoms with Crippen molar-refractivity contribution in [3.05, 3.63) is 84.2 Å². The monoisotopic (exact) mass is 370 g/mol. The van der Waals surface area contributed by atoms with Gasteiger partial charge < -0.3 is 5.11 Å². The molecule has 0 aliphatic heterocycles. The Morgan fingerprint density at radius 3 is 2.23 bits per heavy atom. The topological polar surface area (TPSA) is 78.8 Å². The second-order valence-corrected chi connectivity index (χ2v) is 7.11. The second-order valence-electron chi connectivity index (χ2n) is 5.42. The molecule has 0 radical (unpaired) electrons. The van der Waals surface area contributed by atoms with E-state index in [1.165, 1.54) is 18.3 Å². The summed E-state index contributed by atoms with van der Waals surface area (Å²) in [5.41, 5.74) is 1.53. The highest BCUT2D eigenvalue weighted by molar-refractivity contribution is 7.92. The van der Waals surface area contributed by atoms with Crippen molar-refractivity contribution in [3.63, 3.8) is 0 Å². The summed E-state index contributed by atoms with van der Waals surface area (Å²) in [7, 11) is -3.79. The first-order valence-electron chi connectivity index (χ1n) is 7.64. The molecule has 2 N–H and O–H groups in total. The van der Waals surface area contributed by atoms with Gasteiger partial charge in [-0.3, -0.25) is 9.71 Å². The SMILES string of the molecule is O=S(=O)(Nc1ccc(N=Cc2ccccc2O)cc1)c1ccc(F)cc1. The Morgan fingerprint density at radius 2 is 1.58 bits per heavy atom. The molecule has 3 rings (SSSR count). The summed E-state index contributed by atoms with van der Waals surface area (Å²) in [5, 5.41) is 9.69. The molecule has 0 aromatic heterocycles.